The first-order chi connectivity index (χ1) is 12.3. The molecule has 0 aliphatic rings. The zero-order valence-electron chi connectivity index (χ0n) is 14.3. The molecule has 2 heterocycles. The van der Waals surface area contributed by atoms with Gasteiger partial charge in [0, 0.05) is 37.2 Å². The van der Waals surface area contributed by atoms with Crippen LogP contribution in [0.5, 0.6) is 0 Å². The second-order valence-corrected chi connectivity index (χ2v) is 5.94. The molecule has 0 unspecified atom stereocenters. The van der Waals surface area contributed by atoms with E-state index in [1.807, 2.05) is 31.2 Å². The smallest absolute Gasteiger partial charge is 0.433 e. The van der Waals surface area contributed by atoms with Gasteiger partial charge in [0.1, 0.15) is 17.0 Å². The van der Waals surface area contributed by atoms with E-state index in [4.69, 9.17) is 4.42 Å². The molecule has 0 aliphatic carbocycles. The zero-order valence-corrected chi connectivity index (χ0v) is 14.3. The summed E-state index contributed by atoms with van der Waals surface area (Å²) < 4.78 is 43.6. The average Bonchev–Trinajstić information content (AvgIpc) is 2.98. The predicted molar refractivity (Wildman–Crippen MR) is 90.6 cm³/mol. The minimum atomic E-state index is -4.53. The van der Waals surface area contributed by atoms with E-state index >= 15 is 0 Å². The lowest BCUT2D eigenvalue weighted by Gasteiger charge is -2.17. The first-order valence-corrected chi connectivity index (χ1v) is 8.09. The molecular formula is C19H17F3N2O2. The van der Waals surface area contributed by atoms with Crippen molar-refractivity contribution in [2.24, 2.45) is 0 Å². The van der Waals surface area contributed by atoms with Crippen molar-refractivity contribution in [1.29, 1.82) is 0 Å². The fraction of sp³-hybridized carbons (Fsp3) is 0.263. The zero-order chi connectivity index (χ0) is 18.9. The molecule has 1 amide bonds. The summed E-state index contributed by atoms with van der Waals surface area (Å²) in [5.41, 5.74) is 0.729. The van der Waals surface area contributed by atoms with Crippen molar-refractivity contribution in [2.45, 2.75) is 26.1 Å². The van der Waals surface area contributed by atoms with Gasteiger partial charge in [-0.2, -0.15) is 13.2 Å². The number of benzene rings is 1. The van der Waals surface area contributed by atoms with Crippen LogP contribution in [0.2, 0.25) is 0 Å². The van der Waals surface area contributed by atoms with Crippen LogP contribution in [0.15, 0.2) is 47.0 Å². The normalized spacial score (nSPS) is 11.7. The van der Waals surface area contributed by atoms with Crippen molar-refractivity contribution < 1.29 is 22.4 Å². The number of pyridine rings is 1. The van der Waals surface area contributed by atoms with Crippen LogP contribution in [0.1, 0.15) is 34.3 Å². The van der Waals surface area contributed by atoms with Gasteiger partial charge in [-0.15, -0.1) is 0 Å². The summed E-state index contributed by atoms with van der Waals surface area (Å²) in [5.74, 6) is 0.384. The first-order valence-electron chi connectivity index (χ1n) is 8.09. The van der Waals surface area contributed by atoms with Crippen LogP contribution in [0.25, 0.3) is 11.0 Å². The molecule has 3 rings (SSSR count). The van der Waals surface area contributed by atoms with Crippen LogP contribution >= 0.6 is 0 Å². The lowest BCUT2D eigenvalue weighted by atomic mass is 10.1. The van der Waals surface area contributed by atoms with Gasteiger partial charge in [0.2, 0.25) is 0 Å². The van der Waals surface area contributed by atoms with Crippen molar-refractivity contribution in [3.63, 3.8) is 0 Å². The van der Waals surface area contributed by atoms with E-state index < -0.39 is 17.8 Å². The van der Waals surface area contributed by atoms with Crippen molar-refractivity contribution in [1.82, 2.24) is 9.88 Å². The third-order valence-corrected chi connectivity index (χ3v) is 4.15. The highest BCUT2D eigenvalue weighted by Gasteiger charge is 2.32. The maximum absolute atomic E-state index is 12.6. The molecule has 1 aromatic carbocycles. The van der Waals surface area contributed by atoms with Crippen molar-refractivity contribution >= 4 is 16.9 Å². The van der Waals surface area contributed by atoms with Gasteiger partial charge in [0.25, 0.3) is 5.91 Å². The Kier molecular flexibility index (Phi) is 4.71. The van der Waals surface area contributed by atoms with Gasteiger partial charge in [0.15, 0.2) is 0 Å². The molecule has 0 radical (unpaired) electrons. The summed E-state index contributed by atoms with van der Waals surface area (Å²) in [4.78, 5) is 17.3. The Bertz CT molecular complexity index is 930. The number of hydrogen-bond donors (Lipinski definition) is 0. The highest BCUT2D eigenvalue weighted by Crippen LogP contribution is 2.29. The molecule has 4 nitrogen and oxygen atoms in total. The molecular weight excluding hydrogens is 345 g/mol. The minimum Gasteiger partial charge on any atom is -0.461 e. The van der Waals surface area contributed by atoms with E-state index in [1.54, 1.807) is 7.05 Å². The minimum absolute atomic E-state index is 0.103. The number of rotatable bonds is 4. The quantitative estimate of drug-likeness (QED) is 0.677. The van der Waals surface area contributed by atoms with Gasteiger partial charge in [-0.3, -0.25) is 9.78 Å². The summed E-state index contributed by atoms with van der Waals surface area (Å²) >= 11 is 0. The molecule has 136 valence electrons. The number of para-hydroxylation sites is 1. The topological polar surface area (TPSA) is 46.3 Å². The number of fused-ring (bicyclic) bond motifs is 1. The molecule has 0 saturated heterocycles. The van der Waals surface area contributed by atoms with E-state index in [0.717, 1.165) is 40.6 Å². The second-order valence-electron chi connectivity index (χ2n) is 5.94. The Hall–Kier alpha value is -2.83. The molecule has 0 bridgehead atoms. The molecule has 3 aromatic rings. The van der Waals surface area contributed by atoms with Crippen LogP contribution in [-0.2, 0) is 19.1 Å². The van der Waals surface area contributed by atoms with Crippen molar-refractivity contribution in [3.05, 3.63) is 65.2 Å². The predicted octanol–water partition coefficient (Wildman–Crippen LogP) is 4.68. The summed E-state index contributed by atoms with van der Waals surface area (Å²) in [6.07, 6.45) is -2.90. The number of furan rings is 1. The monoisotopic (exact) mass is 362 g/mol. The van der Waals surface area contributed by atoms with Crippen LogP contribution in [0.4, 0.5) is 13.2 Å². The molecule has 0 fully saturated rings. The first kappa shape index (κ1) is 18.0. The second kappa shape index (κ2) is 6.82. The van der Waals surface area contributed by atoms with Gasteiger partial charge in [0.05, 0.1) is 5.56 Å². The lowest BCUT2D eigenvalue weighted by Crippen LogP contribution is -2.26. The summed E-state index contributed by atoms with van der Waals surface area (Å²) in [6, 6.07) is 9.50. The molecule has 2 aromatic heterocycles. The number of hydrogen-bond acceptors (Lipinski definition) is 3. The van der Waals surface area contributed by atoms with Crippen molar-refractivity contribution in [2.75, 3.05) is 7.05 Å². The number of alkyl halides is 3. The van der Waals surface area contributed by atoms with E-state index in [0.29, 0.717) is 13.0 Å². The van der Waals surface area contributed by atoms with Crippen LogP contribution in [0.3, 0.4) is 0 Å². The number of carbonyl (C=O) groups is 1. The lowest BCUT2D eigenvalue weighted by molar-refractivity contribution is -0.141. The van der Waals surface area contributed by atoms with Gasteiger partial charge in [-0.25, -0.2) is 0 Å². The van der Waals surface area contributed by atoms with Gasteiger partial charge in [-0.1, -0.05) is 25.1 Å². The Morgan fingerprint density at radius 3 is 2.54 bits per heavy atom. The maximum Gasteiger partial charge on any atom is 0.433 e. The van der Waals surface area contributed by atoms with Gasteiger partial charge in [-0.05, 0) is 18.2 Å². The molecule has 0 aliphatic heterocycles. The molecule has 26 heavy (non-hydrogen) atoms. The summed E-state index contributed by atoms with van der Waals surface area (Å²) in [5, 5.41) is 0.926. The number of halogens is 3. The molecule has 0 atom stereocenters. The summed E-state index contributed by atoms with van der Waals surface area (Å²) in [7, 11) is 1.60. The van der Waals surface area contributed by atoms with Crippen LogP contribution < -0.4 is 0 Å². The fourth-order valence-electron chi connectivity index (χ4n) is 2.83. The van der Waals surface area contributed by atoms with E-state index in [-0.39, 0.29) is 5.56 Å². The molecule has 0 N–H and O–H groups in total. The Morgan fingerprint density at radius 2 is 1.92 bits per heavy atom. The number of carbonyl (C=O) groups excluding carboxylic acids is 1. The van der Waals surface area contributed by atoms with Gasteiger partial charge >= 0.3 is 6.18 Å². The van der Waals surface area contributed by atoms with Crippen LogP contribution in [0, 0.1) is 0 Å². The third kappa shape index (κ3) is 3.42. The number of amides is 1. The summed E-state index contributed by atoms with van der Waals surface area (Å²) in [6.45, 7) is 2.25. The molecule has 0 spiro atoms. The highest BCUT2D eigenvalue weighted by molar-refractivity contribution is 5.94. The Balaban J connectivity index is 1.84. The van der Waals surface area contributed by atoms with Crippen LogP contribution in [-0.4, -0.2) is 22.8 Å². The van der Waals surface area contributed by atoms with Crippen molar-refractivity contribution in [3.8, 4) is 0 Å². The number of aryl methyl sites for hydroxylation is 1. The molecule has 0 saturated carbocycles. The standard InChI is InChI=1S/C19H17F3N2O2/c1-3-15-14(13-6-4-5-7-16(13)26-15)11-24(2)18(25)12-8-9-17(23-10-12)19(20,21)22/h4-10H,3,11H2,1-2H3. The average molecular weight is 362 g/mol. The third-order valence-electron chi connectivity index (χ3n) is 4.15. The Labute approximate surface area is 148 Å². The SMILES string of the molecule is CCc1oc2ccccc2c1CN(C)C(=O)c1ccc(C(F)(F)F)nc1. The maximum atomic E-state index is 12.6. The number of aromatic nitrogens is 1. The fourth-order valence-corrected chi connectivity index (χ4v) is 2.83. The largest absolute Gasteiger partial charge is 0.461 e. The van der Waals surface area contributed by atoms with Gasteiger partial charge < -0.3 is 9.32 Å². The van der Waals surface area contributed by atoms with E-state index in [9.17, 15) is 18.0 Å². The number of nitrogens with zero attached hydrogens (tertiary/aromatic N) is 2. The molecule has 7 heteroatoms. The van der Waals surface area contributed by atoms with E-state index in [1.165, 1.54) is 4.90 Å². The van der Waals surface area contributed by atoms with E-state index in [2.05, 4.69) is 4.98 Å². The highest BCUT2D eigenvalue weighted by atomic mass is 19.4. The Morgan fingerprint density at radius 1 is 1.19 bits per heavy atom.